The molecule has 7 nitrogen and oxygen atoms in total. The maximum absolute atomic E-state index is 12.2. The molecule has 22 heavy (non-hydrogen) atoms. The van der Waals surface area contributed by atoms with Gasteiger partial charge in [0.05, 0.1) is 16.8 Å². The van der Waals surface area contributed by atoms with Gasteiger partial charge in [0.15, 0.2) is 5.82 Å². The van der Waals surface area contributed by atoms with Gasteiger partial charge in [-0.15, -0.1) is 5.10 Å². The zero-order valence-electron chi connectivity index (χ0n) is 11.4. The van der Waals surface area contributed by atoms with Gasteiger partial charge < -0.3 is 5.73 Å². The molecule has 0 aliphatic carbocycles. The minimum Gasteiger partial charge on any atom is -0.399 e. The number of rotatable bonds is 4. The van der Waals surface area contributed by atoms with Crippen LogP contribution in [0.5, 0.6) is 0 Å². The Morgan fingerprint density at radius 2 is 1.68 bits per heavy atom. The number of nitrogens with one attached hydrogen (secondary N) is 1. The molecule has 0 atom stereocenters. The first-order valence-electron chi connectivity index (χ1n) is 6.41. The van der Waals surface area contributed by atoms with Gasteiger partial charge in [0.2, 0.25) is 0 Å². The molecule has 0 saturated carbocycles. The first-order chi connectivity index (χ1) is 10.5. The molecule has 112 valence electrons. The predicted molar refractivity (Wildman–Crippen MR) is 83.0 cm³/mol. The number of benzene rings is 2. The van der Waals surface area contributed by atoms with Crippen molar-refractivity contribution < 1.29 is 8.42 Å². The van der Waals surface area contributed by atoms with Crippen LogP contribution in [0.25, 0.3) is 5.69 Å². The SMILES string of the molecule is Nc1ccc(S(=O)(=O)Nc2cn(-c3ccccc3)nn2)cc1. The summed E-state index contributed by atoms with van der Waals surface area (Å²) < 4.78 is 28.3. The normalized spacial score (nSPS) is 11.3. The van der Waals surface area contributed by atoms with Gasteiger partial charge in [-0.3, -0.25) is 4.72 Å². The Morgan fingerprint density at radius 3 is 2.36 bits per heavy atom. The van der Waals surface area contributed by atoms with Gasteiger partial charge >= 0.3 is 0 Å². The number of hydrogen-bond acceptors (Lipinski definition) is 5. The standard InChI is InChI=1S/C14H13N5O2S/c15-11-6-8-13(9-7-11)22(20,21)17-14-10-19(18-16-14)12-4-2-1-3-5-12/h1-10,17H,15H2. The van der Waals surface area contributed by atoms with Crippen LogP contribution in [0.3, 0.4) is 0 Å². The summed E-state index contributed by atoms with van der Waals surface area (Å²) in [5.74, 6) is 0.140. The number of nitrogens with two attached hydrogens (primary N) is 1. The maximum atomic E-state index is 12.2. The second-order valence-electron chi connectivity index (χ2n) is 4.56. The quantitative estimate of drug-likeness (QED) is 0.713. The average molecular weight is 315 g/mol. The fourth-order valence-corrected chi connectivity index (χ4v) is 2.84. The number of para-hydroxylation sites is 1. The number of aromatic nitrogens is 3. The van der Waals surface area contributed by atoms with Crippen molar-refractivity contribution >= 4 is 21.5 Å². The topological polar surface area (TPSA) is 103 Å². The molecule has 0 saturated heterocycles. The van der Waals surface area contributed by atoms with Crippen molar-refractivity contribution in [3.8, 4) is 5.69 Å². The second kappa shape index (κ2) is 5.49. The van der Waals surface area contributed by atoms with Gasteiger partial charge in [0.1, 0.15) is 0 Å². The molecule has 0 unspecified atom stereocenters. The lowest BCUT2D eigenvalue weighted by molar-refractivity contribution is 0.601. The smallest absolute Gasteiger partial charge is 0.263 e. The molecule has 3 N–H and O–H groups in total. The van der Waals surface area contributed by atoms with Crippen LogP contribution in [0.4, 0.5) is 11.5 Å². The van der Waals surface area contributed by atoms with E-state index in [-0.39, 0.29) is 10.7 Å². The third kappa shape index (κ3) is 2.91. The second-order valence-corrected chi connectivity index (χ2v) is 6.24. The zero-order chi connectivity index (χ0) is 15.6. The van der Waals surface area contributed by atoms with E-state index in [4.69, 9.17) is 5.73 Å². The molecular weight excluding hydrogens is 302 g/mol. The number of hydrogen-bond donors (Lipinski definition) is 2. The number of sulfonamides is 1. The van der Waals surface area contributed by atoms with Crippen molar-refractivity contribution in [1.29, 1.82) is 0 Å². The molecule has 0 bridgehead atoms. The molecule has 3 rings (SSSR count). The molecule has 2 aromatic carbocycles. The van der Waals surface area contributed by atoms with Gasteiger partial charge in [0, 0.05) is 5.69 Å². The highest BCUT2D eigenvalue weighted by Gasteiger charge is 2.16. The summed E-state index contributed by atoms with van der Waals surface area (Å²) in [6.07, 6.45) is 1.50. The number of nitrogens with zero attached hydrogens (tertiary/aromatic N) is 3. The van der Waals surface area contributed by atoms with Crippen LogP contribution in [-0.4, -0.2) is 23.4 Å². The molecule has 1 aromatic heterocycles. The predicted octanol–water partition coefficient (Wildman–Crippen LogP) is 1.65. The zero-order valence-corrected chi connectivity index (χ0v) is 12.2. The van der Waals surface area contributed by atoms with Crippen LogP contribution in [0, 0.1) is 0 Å². The van der Waals surface area contributed by atoms with Crippen LogP contribution in [0.2, 0.25) is 0 Å². The fourth-order valence-electron chi connectivity index (χ4n) is 1.86. The van der Waals surface area contributed by atoms with E-state index < -0.39 is 10.0 Å². The minimum atomic E-state index is -3.72. The Kier molecular flexibility index (Phi) is 3.51. The van der Waals surface area contributed by atoms with Crippen molar-refractivity contribution in [2.24, 2.45) is 0 Å². The Morgan fingerprint density at radius 1 is 1.00 bits per heavy atom. The summed E-state index contributed by atoms with van der Waals surface area (Å²) in [6.45, 7) is 0. The lowest BCUT2D eigenvalue weighted by atomic mass is 10.3. The van der Waals surface area contributed by atoms with Crippen molar-refractivity contribution in [3.63, 3.8) is 0 Å². The van der Waals surface area contributed by atoms with Crippen LogP contribution in [-0.2, 0) is 10.0 Å². The summed E-state index contributed by atoms with van der Waals surface area (Å²) in [5.41, 5.74) is 6.83. The van der Waals surface area contributed by atoms with Gasteiger partial charge in [-0.1, -0.05) is 23.4 Å². The minimum absolute atomic E-state index is 0.107. The van der Waals surface area contributed by atoms with E-state index in [9.17, 15) is 8.42 Å². The monoisotopic (exact) mass is 315 g/mol. The van der Waals surface area contributed by atoms with Crippen LogP contribution in [0.1, 0.15) is 0 Å². The van der Waals surface area contributed by atoms with E-state index >= 15 is 0 Å². The van der Waals surface area contributed by atoms with E-state index in [0.717, 1.165) is 5.69 Å². The molecule has 0 radical (unpaired) electrons. The summed E-state index contributed by atoms with van der Waals surface area (Å²) in [4.78, 5) is 0.107. The Balaban J connectivity index is 1.84. The first kappa shape index (κ1) is 14.1. The number of anilines is 2. The van der Waals surface area contributed by atoms with Gasteiger partial charge in [-0.25, -0.2) is 13.1 Å². The third-order valence-electron chi connectivity index (χ3n) is 2.94. The van der Waals surface area contributed by atoms with E-state index in [1.165, 1.54) is 35.1 Å². The van der Waals surface area contributed by atoms with Gasteiger partial charge in [-0.05, 0) is 36.4 Å². The first-order valence-corrected chi connectivity index (χ1v) is 7.89. The molecular formula is C14H13N5O2S. The van der Waals surface area contributed by atoms with Crippen molar-refractivity contribution in [3.05, 3.63) is 60.8 Å². The summed E-state index contributed by atoms with van der Waals surface area (Å²) in [5, 5.41) is 7.72. The molecule has 0 amide bonds. The average Bonchev–Trinajstić information content (AvgIpc) is 2.96. The highest BCUT2D eigenvalue weighted by Crippen LogP contribution is 2.16. The molecule has 1 heterocycles. The summed E-state index contributed by atoms with van der Waals surface area (Å²) in [7, 11) is -3.72. The molecule has 0 spiro atoms. The van der Waals surface area contributed by atoms with Crippen LogP contribution in [0.15, 0.2) is 65.7 Å². The third-order valence-corrected chi connectivity index (χ3v) is 4.31. The largest absolute Gasteiger partial charge is 0.399 e. The molecule has 8 heteroatoms. The Labute approximate surface area is 127 Å². The summed E-state index contributed by atoms with van der Waals surface area (Å²) in [6, 6.07) is 15.2. The van der Waals surface area contributed by atoms with E-state index in [1.807, 2.05) is 30.3 Å². The van der Waals surface area contributed by atoms with E-state index in [0.29, 0.717) is 5.69 Å². The molecule has 0 aliphatic heterocycles. The molecule has 0 fully saturated rings. The lowest BCUT2D eigenvalue weighted by Gasteiger charge is -2.04. The fraction of sp³-hybridized carbons (Fsp3) is 0. The summed E-state index contributed by atoms with van der Waals surface area (Å²) >= 11 is 0. The van der Waals surface area contributed by atoms with Crippen molar-refractivity contribution in [2.45, 2.75) is 4.90 Å². The van der Waals surface area contributed by atoms with Gasteiger partial charge in [-0.2, -0.15) is 0 Å². The lowest BCUT2D eigenvalue weighted by Crippen LogP contribution is -2.13. The van der Waals surface area contributed by atoms with Crippen LogP contribution < -0.4 is 10.5 Å². The highest BCUT2D eigenvalue weighted by atomic mass is 32.2. The Hall–Kier alpha value is -2.87. The number of nitrogen functional groups attached to an aromatic ring is 1. The van der Waals surface area contributed by atoms with E-state index in [2.05, 4.69) is 15.0 Å². The maximum Gasteiger partial charge on any atom is 0.263 e. The van der Waals surface area contributed by atoms with Crippen LogP contribution >= 0.6 is 0 Å². The highest BCUT2D eigenvalue weighted by molar-refractivity contribution is 7.92. The van der Waals surface area contributed by atoms with E-state index in [1.54, 1.807) is 0 Å². The molecule has 3 aromatic rings. The van der Waals surface area contributed by atoms with Gasteiger partial charge in [0.25, 0.3) is 10.0 Å². The van der Waals surface area contributed by atoms with Crippen molar-refractivity contribution in [2.75, 3.05) is 10.5 Å². The Bertz CT molecular complexity index is 873. The van der Waals surface area contributed by atoms with Crippen molar-refractivity contribution in [1.82, 2.24) is 15.0 Å². The molecule has 0 aliphatic rings.